The molecule has 2 aromatic rings. The van der Waals surface area contributed by atoms with E-state index in [1.54, 1.807) is 0 Å². The van der Waals surface area contributed by atoms with Crippen molar-refractivity contribution in [2.45, 2.75) is 6.92 Å². The van der Waals surface area contributed by atoms with E-state index in [-0.39, 0.29) is 24.8 Å². The third-order valence-electron chi connectivity index (χ3n) is 2.30. The first-order valence-electron chi connectivity index (χ1n) is 4.94. The van der Waals surface area contributed by atoms with Crippen LogP contribution in [0.15, 0.2) is 48.5 Å². The molecule has 0 amide bonds. The molecule has 2 rings (SSSR count). The molecule has 0 spiro atoms. The van der Waals surface area contributed by atoms with Crippen LogP contribution in [0.4, 0.5) is 17.1 Å². The number of para-hydroxylation sites is 1. The Morgan fingerprint density at radius 1 is 0.941 bits per heavy atom. The van der Waals surface area contributed by atoms with Crippen LogP contribution >= 0.6 is 24.8 Å². The van der Waals surface area contributed by atoms with E-state index < -0.39 is 0 Å². The Bertz CT molecular complexity index is 458. The molecule has 0 aromatic heterocycles. The summed E-state index contributed by atoms with van der Waals surface area (Å²) in [6.07, 6.45) is 0. The number of rotatable bonds is 2. The van der Waals surface area contributed by atoms with Crippen LogP contribution in [-0.2, 0) is 0 Å². The van der Waals surface area contributed by atoms with Crippen molar-refractivity contribution in [3.05, 3.63) is 54.1 Å². The number of benzene rings is 2. The molecule has 0 saturated carbocycles. The van der Waals surface area contributed by atoms with Crippen molar-refractivity contribution in [3.8, 4) is 0 Å². The van der Waals surface area contributed by atoms with Crippen LogP contribution in [0.2, 0.25) is 0 Å². The molecular weight excluding hydrogens is 255 g/mol. The molecular formula is C13H16Cl2N2. The molecule has 4 heteroatoms. The molecule has 0 aliphatic carbocycles. The van der Waals surface area contributed by atoms with Gasteiger partial charge in [-0.2, -0.15) is 0 Å². The number of hydrogen-bond donors (Lipinski definition) is 2. The van der Waals surface area contributed by atoms with Crippen molar-refractivity contribution in [2.24, 2.45) is 0 Å². The van der Waals surface area contributed by atoms with Crippen molar-refractivity contribution < 1.29 is 0 Å². The van der Waals surface area contributed by atoms with Gasteiger partial charge in [0.2, 0.25) is 0 Å². The quantitative estimate of drug-likeness (QED) is 0.805. The molecule has 0 bridgehead atoms. The Kier molecular flexibility index (Phi) is 6.47. The summed E-state index contributed by atoms with van der Waals surface area (Å²) in [6, 6.07) is 16.0. The van der Waals surface area contributed by atoms with Gasteiger partial charge in [0.25, 0.3) is 0 Å². The van der Waals surface area contributed by atoms with Crippen LogP contribution < -0.4 is 11.1 Å². The second-order valence-electron chi connectivity index (χ2n) is 3.57. The molecule has 0 atom stereocenters. The highest BCUT2D eigenvalue weighted by Crippen LogP contribution is 2.21. The third-order valence-corrected chi connectivity index (χ3v) is 2.30. The SMILES string of the molecule is Cc1cc(N)ccc1Nc1ccccc1.Cl.Cl. The molecule has 2 nitrogen and oxygen atoms in total. The Hall–Kier alpha value is -1.38. The number of nitrogen functional groups attached to an aromatic ring is 1. The smallest absolute Gasteiger partial charge is 0.0415 e. The van der Waals surface area contributed by atoms with E-state index in [1.807, 2.05) is 55.5 Å². The van der Waals surface area contributed by atoms with Crippen molar-refractivity contribution in [2.75, 3.05) is 11.1 Å². The minimum absolute atomic E-state index is 0. The van der Waals surface area contributed by atoms with Gasteiger partial charge in [0.1, 0.15) is 0 Å². The summed E-state index contributed by atoms with van der Waals surface area (Å²) in [6.45, 7) is 2.04. The lowest BCUT2D eigenvalue weighted by atomic mass is 10.1. The molecule has 17 heavy (non-hydrogen) atoms. The van der Waals surface area contributed by atoms with Crippen molar-refractivity contribution in [1.29, 1.82) is 0 Å². The summed E-state index contributed by atoms with van der Waals surface area (Å²) in [7, 11) is 0. The molecule has 0 heterocycles. The second-order valence-corrected chi connectivity index (χ2v) is 3.57. The highest BCUT2D eigenvalue weighted by atomic mass is 35.5. The van der Waals surface area contributed by atoms with Gasteiger partial charge in [0, 0.05) is 17.1 Å². The summed E-state index contributed by atoms with van der Waals surface area (Å²) < 4.78 is 0. The largest absolute Gasteiger partial charge is 0.399 e. The van der Waals surface area contributed by atoms with Gasteiger partial charge >= 0.3 is 0 Å². The molecule has 0 radical (unpaired) electrons. The van der Waals surface area contributed by atoms with Gasteiger partial charge in [-0.1, -0.05) is 18.2 Å². The highest BCUT2D eigenvalue weighted by Gasteiger charge is 1.98. The molecule has 92 valence electrons. The van der Waals surface area contributed by atoms with Crippen LogP contribution in [0, 0.1) is 6.92 Å². The van der Waals surface area contributed by atoms with Crippen LogP contribution in [0.5, 0.6) is 0 Å². The van der Waals surface area contributed by atoms with E-state index in [0.29, 0.717) is 0 Å². The fourth-order valence-electron chi connectivity index (χ4n) is 1.50. The number of nitrogens with two attached hydrogens (primary N) is 1. The molecule has 0 unspecified atom stereocenters. The lowest BCUT2D eigenvalue weighted by molar-refractivity contribution is 1.43. The molecule has 0 aliphatic heterocycles. The number of halogens is 2. The van der Waals surface area contributed by atoms with Gasteiger partial charge in [-0.3, -0.25) is 0 Å². The first kappa shape index (κ1) is 15.6. The van der Waals surface area contributed by atoms with Crippen molar-refractivity contribution in [1.82, 2.24) is 0 Å². The summed E-state index contributed by atoms with van der Waals surface area (Å²) >= 11 is 0. The van der Waals surface area contributed by atoms with E-state index in [0.717, 1.165) is 22.6 Å². The topological polar surface area (TPSA) is 38.0 Å². The van der Waals surface area contributed by atoms with E-state index >= 15 is 0 Å². The molecule has 0 aliphatic rings. The lowest BCUT2D eigenvalue weighted by Crippen LogP contribution is -1.94. The number of nitrogens with one attached hydrogen (secondary N) is 1. The van der Waals surface area contributed by atoms with Gasteiger partial charge in [0.05, 0.1) is 0 Å². The minimum Gasteiger partial charge on any atom is -0.399 e. The average molecular weight is 271 g/mol. The van der Waals surface area contributed by atoms with Gasteiger partial charge in [-0.25, -0.2) is 0 Å². The summed E-state index contributed by atoms with van der Waals surface area (Å²) in [5.74, 6) is 0. The standard InChI is InChI=1S/C13H14N2.2ClH/c1-10-9-11(14)7-8-13(10)15-12-5-3-2-4-6-12;;/h2-9,15H,14H2,1H3;2*1H. The Balaban J connectivity index is 0.00000128. The van der Waals surface area contributed by atoms with Crippen molar-refractivity contribution in [3.63, 3.8) is 0 Å². The second kappa shape index (κ2) is 7.05. The van der Waals surface area contributed by atoms with Crippen LogP contribution in [0.1, 0.15) is 5.56 Å². The number of hydrogen-bond acceptors (Lipinski definition) is 2. The maximum atomic E-state index is 5.69. The van der Waals surface area contributed by atoms with E-state index in [1.165, 1.54) is 0 Å². The zero-order valence-electron chi connectivity index (χ0n) is 9.51. The predicted octanol–water partition coefficient (Wildman–Crippen LogP) is 4.16. The molecule has 0 saturated heterocycles. The van der Waals surface area contributed by atoms with Gasteiger partial charge < -0.3 is 11.1 Å². The Morgan fingerprint density at radius 3 is 2.18 bits per heavy atom. The fraction of sp³-hybridized carbons (Fsp3) is 0.0769. The Labute approximate surface area is 114 Å². The maximum Gasteiger partial charge on any atom is 0.0415 e. The molecule has 0 fully saturated rings. The van der Waals surface area contributed by atoms with Gasteiger partial charge in [-0.05, 0) is 42.8 Å². The number of anilines is 3. The van der Waals surface area contributed by atoms with Crippen molar-refractivity contribution >= 4 is 41.9 Å². The zero-order valence-corrected chi connectivity index (χ0v) is 11.1. The van der Waals surface area contributed by atoms with E-state index in [4.69, 9.17) is 5.73 Å². The summed E-state index contributed by atoms with van der Waals surface area (Å²) in [4.78, 5) is 0. The maximum absolute atomic E-state index is 5.69. The first-order valence-corrected chi connectivity index (χ1v) is 4.94. The normalized spacial score (nSPS) is 8.76. The molecule has 2 aromatic carbocycles. The van der Waals surface area contributed by atoms with E-state index in [2.05, 4.69) is 5.32 Å². The predicted molar refractivity (Wildman–Crippen MR) is 79.8 cm³/mol. The molecule has 3 N–H and O–H groups in total. The van der Waals surface area contributed by atoms with Crippen LogP contribution in [-0.4, -0.2) is 0 Å². The summed E-state index contributed by atoms with van der Waals surface area (Å²) in [5, 5.41) is 3.34. The van der Waals surface area contributed by atoms with Gasteiger partial charge in [-0.15, -0.1) is 24.8 Å². The van der Waals surface area contributed by atoms with Gasteiger partial charge in [0.15, 0.2) is 0 Å². The Morgan fingerprint density at radius 2 is 1.59 bits per heavy atom. The van der Waals surface area contributed by atoms with Crippen LogP contribution in [0.3, 0.4) is 0 Å². The zero-order chi connectivity index (χ0) is 10.7. The fourth-order valence-corrected chi connectivity index (χ4v) is 1.50. The monoisotopic (exact) mass is 270 g/mol. The van der Waals surface area contributed by atoms with E-state index in [9.17, 15) is 0 Å². The lowest BCUT2D eigenvalue weighted by Gasteiger charge is -2.09. The highest BCUT2D eigenvalue weighted by molar-refractivity contribution is 5.85. The summed E-state index contributed by atoms with van der Waals surface area (Å²) in [5.41, 5.74) is 9.82. The van der Waals surface area contributed by atoms with Crippen LogP contribution in [0.25, 0.3) is 0 Å². The third kappa shape index (κ3) is 4.17. The first-order chi connectivity index (χ1) is 7.25. The minimum atomic E-state index is 0. The number of aryl methyl sites for hydroxylation is 1. The average Bonchev–Trinajstić information content (AvgIpc) is 2.24.